The zero-order chi connectivity index (χ0) is 21.8. The molecule has 0 unspecified atom stereocenters. The van der Waals surface area contributed by atoms with Crippen molar-refractivity contribution >= 4 is 17.6 Å². The minimum atomic E-state index is -0.683. The molecule has 1 fully saturated rings. The molecule has 0 saturated carbocycles. The molecule has 156 valence electrons. The van der Waals surface area contributed by atoms with Gasteiger partial charge in [-0.1, -0.05) is 5.59 Å². The summed E-state index contributed by atoms with van der Waals surface area (Å²) in [6.07, 6.45) is 2.33. The zero-order valence-electron chi connectivity index (χ0n) is 16.0. The van der Waals surface area contributed by atoms with Crippen LogP contribution in [0.25, 0.3) is 5.69 Å². The van der Waals surface area contributed by atoms with Crippen molar-refractivity contribution in [1.29, 1.82) is 0 Å². The van der Waals surface area contributed by atoms with E-state index in [1.807, 2.05) is 0 Å². The van der Waals surface area contributed by atoms with Gasteiger partial charge in [0, 0.05) is 17.7 Å². The van der Waals surface area contributed by atoms with E-state index < -0.39 is 17.5 Å². The van der Waals surface area contributed by atoms with E-state index >= 15 is 0 Å². The molecule has 0 spiro atoms. The highest BCUT2D eigenvalue weighted by Gasteiger charge is 2.29. The Hall–Kier alpha value is -4.58. The molecule has 2 aromatic carbocycles. The minimum Gasteiger partial charge on any atom is -0.497 e. The number of azo groups is 1. The third kappa shape index (κ3) is 4.23. The number of hydrazine groups is 1. The Morgan fingerprint density at radius 3 is 2.52 bits per heavy atom. The maximum Gasteiger partial charge on any atom is 0.427 e. The molecule has 0 bridgehead atoms. The van der Waals surface area contributed by atoms with Gasteiger partial charge in [0.1, 0.15) is 5.75 Å². The maximum atomic E-state index is 12.2. The van der Waals surface area contributed by atoms with Gasteiger partial charge in [0.25, 0.3) is 12.1 Å². The molecule has 1 aromatic heterocycles. The predicted molar refractivity (Wildman–Crippen MR) is 103 cm³/mol. The number of methoxy groups -OCH3 is 1. The van der Waals surface area contributed by atoms with E-state index in [0.717, 1.165) is 6.20 Å². The first-order valence-electron chi connectivity index (χ1n) is 8.82. The Morgan fingerprint density at radius 2 is 1.87 bits per heavy atom. The standard InChI is InChI=1S/C19H14N6O6/c1-29-15-8-6-14(7-9-15)25-16(19(28)31-23-25)10-20-21-18(27)12-2-4-13(5-3-12)24-11-17(26)30-22-24/h2-11,23H,1H3/p+1/b16-10+,21-20?. The number of carbonyl (C=O) groups is 2. The van der Waals surface area contributed by atoms with Gasteiger partial charge in [-0.15, -0.1) is 5.11 Å². The Bertz CT molecular complexity index is 1230. The molecule has 1 saturated heterocycles. The van der Waals surface area contributed by atoms with Crippen molar-refractivity contribution in [3.63, 3.8) is 0 Å². The zero-order valence-corrected chi connectivity index (χ0v) is 16.0. The number of aromatic amines is 1. The highest BCUT2D eigenvalue weighted by atomic mass is 16.7. The molecule has 1 aliphatic heterocycles. The third-order valence-electron chi connectivity index (χ3n) is 4.21. The summed E-state index contributed by atoms with van der Waals surface area (Å²) in [5.41, 5.74) is 3.39. The average molecular weight is 423 g/mol. The van der Waals surface area contributed by atoms with Crippen LogP contribution in [0.2, 0.25) is 0 Å². The summed E-state index contributed by atoms with van der Waals surface area (Å²) in [6.45, 7) is 0. The summed E-state index contributed by atoms with van der Waals surface area (Å²) < 4.78 is 11.0. The Morgan fingerprint density at radius 1 is 1.13 bits per heavy atom. The number of rotatable bonds is 5. The van der Waals surface area contributed by atoms with Crippen LogP contribution in [0.4, 0.5) is 5.69 Å². The number of amides is 1. The number of aromatic nitrogens is 2. The van der Waals surface area contributed by atoms with Gasteiger partial charge in [0.15, 0.2) is 5.70 Å². The quantitative estimate of drug-likeness (QED) is 0.354. The van der Waals surface area contributed by atoms with Crippen LogP contribution < -0.4 is 25.6 Å². The van der Waals surface area contributed by atoms with Gasteiger partial charge in [-0.2, -0.15) is 5.11 Å². The van der Waals surface area contributed by atoms with Crippen molar-refractivity contribution in [3.8, 4) is 11.4 Å². The first-order valence-corrected chi connectivity index (χ1v) is 8.82. The van der Waals surface area contributed by atoms with Crippen molar-refractivity contribution in [3.05, 3.63) is 82.6 Å². The predicted octanol–water partition coefficient (Wildman–Crippen LogP) is 1.17. The van der Waals surface area contributed by atoms with Gasteiger partial charge in [-0.25, -0.2) is 14.6 Å². The lowest BCUT2D eigenvalue weighted by molar-refractivity contribution is -0.670. The first-order chi connectivity index (χ1) is 15.0. The van der Waals surface area contributed by atoms with E-state index in [2.05, 4.69) is 25.6 Å². The summed E-state index contributed by atoms with van der Waals surface area (Å²) >= 11 is 0. The topological polar surface area (TPSA) is 142 Å². The number of benzene rings is 2. The molecule has 31 heavy (non-hydrogen) atoms. The molecular formula is C19H15N6O6+. The number of nitrogens with one attached hydrogen (secondary N) is 2. The molecule has 1 amide bonds. The molecule has 2 heterocycles. The lowest BCUT2D eigenvalue weighted by atomic mass is 10.2. The van der Waals surface area contributed by atoms with Crippen molar-refractivity contribution in [2.75, 3.05) is 12.1 Å². The molecule has 12 nitrogen and oxygen atoms in total. The lowest BCUT2D eigenvalue weighted by Gasteiger charge is -2.14. The second kappa shape index (κ2) is 8.42. The second-order valence-corrected chi connectivity index (χ2v) is 6.11. The molecule has 3 aromatic rings. The minimum absolute atomic E-state index is 0.0392. The number of hydrogen-bond donors (Lipinski definition) is 2. The summed E-state index contributed by atoms with van der Waals surface area (Å²) in [4.78, 5) is 40.1. The van der Waals surface area contributed by atoms with Crippen LogP contribution in [0.3, 0.4) is 0 Å². The van der Waals surface area contributed by atoms with Crippen molar-refractivity contribution in [2.45, 2.75) is 0 Å². The third-order valence-corrected chi connectivity index (χ3v) is 4.21. The van der Waals surface area contributed by atoms with Crippen molar-refractivity contribution < 1.29 is 28.4 Å². The van der Waals surface area contributed by atoms with Crippen LogP contribution in [0.1, 0.15) is 10.4 Å². The maximum absolute atomic E-state index is 12.2. The van der Waals surface area contributed by atoms with Gasteiger partial charge >= 0.3 is 11.6 Å². The molecule has 0 aliphatic carbocycles. The molecule has 0 radical (unpaired) electrons. The molecular weight excluding hydrogens is 408 g/mol. The average Bonchev–Trinajstić information content (AvgIpc) is 3.39. The summed E-state index contributed by atoms with van der Waals surface area (Å²) in [6, 6.07) is 13.0. The van der Waals surface area contributed by atoms with Gasteiger partial charge in [-0.3, -0.25) is 9.32 Å². The Balaban J connectivity index is 1.48. The highest BCUT2D eigenvalue weighted by Crippen LogP contribution is 2.24. The number of anilines is 1. The van der Waals surface area contributed by atoms with Crippen LogP contribution in [0.5, 0.6) is 5.75 Å². The number of carbonyl (C=O) groups excluding carboxylic acids is 2. The summed E-state index contributed by atoms with van der Waals surface area (Å²) in [5.74, 6) is -0.656. The SMILES string of the molecule is COc1ccc(N2NOC(=O)/C2=C\N=NC(=O)c2ccc(-[n+]3cc(=O)o[nH]3)cc2)cc1. The summed E-state index contributed by atoms with van der Waals surface area (Å²) in [5, 5.41) is 11.1. The fraction of sp³-hybridized carbons (Fsp3) is 0.0526. The van der Waals surface area contributed by atoms with Gasteiger partial charge in [-0.05, 0) is 46.4 Å². The van der Waals surface area contributed by atoms with E-state index in [-0.39, 0.29) is 11.3 Å². The Kier molecular flexibility index (Phi) is 5.36. The van der Waals surface area contributed by atoms with Crippen LogP contribution in [-0.4, -0.2) is 24.3 Å². The first kappa shape index (κ1) is 19.7. The smallest absolute Gasteiger partial charge is 0.427 e. The second-order valence-electron chi connectivity index (χ2n) is 6.11. The molecule has 1 aliphatic rings. The number of H-pyrrole nitrogens is 1. The van der Waals surface area contributed by atoms with Crippen LogP contribution in [0, 0.1) is 0 Å². The molecule has 4 rings (SSSR count). The van der Waals surface area contributed by atoms with E-state index in [0.29, 0.717) is 17.1 Å². The van der Waals surface area contributed by atoms with E-state index in [1.165, 1.54) is 28.0 Å². The molecule has 0 atom stereocenters. The number of hydrogen-bond acceptors (Lipinski definition) is 9. The number of ether oxygens (including phenoxy) is 1. The van der Waals surface area contributed by atoms with Gasteiger partial charge in [0.2, 0.25) is 5.69 Å². The Labute approximate surface area is 173 Å². The van der Waals surface area contributed by atoms with Crippen molar-refractivity contribution in [2.24, 2.45) is 10.2 Å². The fourth-order valence-electron chi connectivity index (χ4n) is 2.65. The van der Waals surface area contributed by atoms with E-state index in [4.69, 9.17) is 9.57 Å². The molecule has 2 N–H and O–H groups in total. The lowest BCUT2D eigenvalue weighted by Crippen LogP contribution is -2.32. The summed E-state index contributed by atoms with van der Waals surface area (Å²) in [7, 11) is 1.54. The van der Waals surface area contributed by atoms with Crippen LogP contribution >= 0.6 is 0 Å². The molecule has 12 heteroatoms. The van der Waals surface area contributed by atoms with E-state index in [9.17, 15) is 14.4 Å². The normalized spacial score (nSPS) is 14.9. The van der Waals surface area contributed by atoms with Gasteiger partial charge in [0.05, 0.1) is 19.0 Å². The van der Waals surface area contributed by atoms with Crippen LogP contribution in [-0.2, 0) is 9.63 Å². The number of nitrogens with zero attached hydrogens (tertiary/aromatic N) is 4. The van der Waals surface area contributed by atoms with E-state index in [1.54, 1.807) is 43.5 Å². The monoisotopic (exact) mass is 423 g/mol. The highest BCUT2D eigenvalue weighted by molar-refractivity contribution is 5.95. The fourth-order valence-corrected chi connectivity index (χ4v) is 2.65. The largest absolute Gasteiger partial charge is 0.497 e. The van der Waals surface area contributed by atoms with Crippen LogP contribution in [0.15, 0.2) is 86.2 Å². The van der Waals surface area contributed by atoms with Crippen molar-refractivity contribution in [1.82, 2.24) is 10.9 Å². The van der Waals surface area contributed by atoms with Gasteiger partial charge < -0.3 is 9.57 Å².